The molecule has 0 unspecified atom stereocenters. The molecule has 0 radical (unpaired) electrons. The van der Waals surface area contributed by atoms with Gasteiger partial charge in [0.15, 0.2) is 0 Å². The smallest absolute Gasteiger partial charge is 0.408 e. The summed E-state index contributed by atoms with van der Waals surface area (Å²) in [6.45, 7) is 9.98. The number of aromatic nitrogens is 1. The van der Waals surface area contributed by atoms with Crippen LogP contribution in [0.2, 0.25) is 0 Å². The highest BCUT2D eigenvalue weighted by Gasteiger charge is 2.44. The summed E-state index contributed by atoms with van der Waals surface area (Å²) in [5.74, 6) is -1.16. The fourth-order valence-corrected chi connectivity index (χ4v) is 4.49. The average Bonchev–Trinajstić information content (AvgIpc) is 3.42. The number of carbonyl (C=O) groups is 4. The zero-order chi connectivity index (χ0) is 27.9. The minimum atomic E-state index is -1.01. The molecule has 2 aromatic rings. The molecule has 1 aliphatic rings. The number of unbranched alkanes of at least 4 members (excludes halogenated alkanes) is 1. The van der Waals surface area contributed by atoms with Gasteiger partial charge in [0.2, 0.25) is 11.7 Å². The number of alkyl carbamates (subject to hydrolysis) is 1. The maximum Gasteiger partial charge on any atom is 0.408 e. The van der Waals surface area contributed by atoms with Gasteiger partial charge in [0, 0.05) is 18.0 Å². The molecule has 38 heavy (non-hydrogen) atoms. The normalized spacial score (nSPS) is 17.9. The van der Waals surface area contributed by atoms with Crippen LogP contribution in [0.3, 0.4) is 0 Å². The maximum absolute atomic E-state index is 13.0. The predicted octanol–water partition coefficient (Wildman–Crippen LogP) is 3.49. The number of rotatable bonds is 11. The molecule has 2 heterocycles. The van der Waals surface area contributed by atoms with Crippen LogP contribution in [0.4, 0.5) is 4.79 Å². The molecule has 10 nitrogen and oxygen atoms in total. The van der Waals surface area contributed by atoms with Crippen LogP contribution in [0.15, 0.2) is 40.9 Å². The zero-order valence-corrected chi connectivity index (χ0v) is 22.8. The van der Waals surface area contributed by atoms with E-state index >= 15 is 0 Å². The van der Waals surface area contributed by atoms with E-state index < -0.39 is 35.3 Å². The summed E-state index contributed by atoms with van der Waals surface area (Å²) in [4.78, 5) is 53.0. The Kier molecular flexibility index (Phi) is 9.66. The number of aryl methyl sites for hydroxylation is 1. The van der Waals surface area contributed by atoms with Gasteiger partial charge in [-0.05, 0) is 25.8 Å². The summed E-state index contributed by atoms with van der Waals surface area (Å²) in [7, 11) is 0. The molecule has 3 atom stereocenters. The number of carbonyl (C=O) groups excluding carboxylic acids is 4. The predicted molar refractivity (Wildman–Crippen MR) is 140 cm³/mol. The number of likely N-dealkylation sites (tertiary alicyclic amines) is 1. The fraction of sp³-hybridized carbons (Fsp3) is 0.536. The topological polar surface area (TPSA) is 131 Å². The first-order chi connectivity index (χ1) is 18.0. The third-order valence-electron chi connectivity index (χ3n) is 6.79. The lowest BCUT2D eigenvalue weighted by atomic mass is 9.90. The third-order valence-corrected chi connectivity index (χ3v) is 6.79. The van der Waals surface area contributed by atoms with E-state index in [9.17, 15) is 19.2 Å². The van der Waals surface area contributed by atoms with Gasteiger partial charge in [-0.3, -0.25) is 14.4 Å². The van der Waals surface area contributed by atoms with Crippen LogP contribution in [0.5, 0.6) is 0 Å². The van der Waals surface area contributed by atoms with E-state index in [-0.39, 0.29) is 24.9 Å². The molecule has 1 aromatic carbocycles. The second-order valence-electron chi connectivity index (χ2n) is 10.6. The van der Waals surface area contributed by atoms with E-state index in [1.54, 1.807) is 24.8 Å². The summed E-state index contributed by atoms with van der Waals surface area (Å²) >= 11 is 0. The minimum absolute atomic E-state index is 0.0694. The molecule has 1 fully saturated rings. The quantitative estimate of drug-likeness (QED) is 0.429. The third kappa shape index (κ3) is 7.66. The summed E-state index contributed by atoms with van der Waals surface area (Å²) in [6, 6.07) is 9.65. The first-order valence-corrected chi connectivity index (χ1v) is 13.1. The molecule has 1 aliphatic heterocycles. The number of ether oxygens (including phenoxy) is 1. The van der Waals surface area contributed by atoms with Crippen molar-refractivity contribution in [2.75, 3.05) is 13.1 Å². The molecule has 1 aromatic heterocycles. The van der Waals surface area contributed by atoms with Crippen molar-refractivity contribution in [3.8, 4) is 0 Å². The number of Topliss-reactive ketones (excluding diaryl/α,β-unsaturated/α-hetero) is 1. The van der Waals surface area contributed by atoms with Gasteiger partial charge in [0.25, 0.3) is 5.91 Å². The van der Waals surface area contributed by atoms with Crippen LogP contribution in [-0.4, -0.2) is 59.0 Å². The average molecular weight is 527 g/mol. The van der Waals surface area contributed by atoms with Gasteiger partial charge in [-0.25, -0.2) is 4.79 Å². The lowest BCUT2D eigenvalue weighted by Crippen LogP contribution is -2.49. The van der Waals surface area contributed by atoms with Crippen molar-refractivity contribution >= 4 is 23.7 Å². The first-order valence-electron chi connectivity index (χ1n) is 13.1. The number of hydrogen-bond acceptors (Lipinski definition) is 7. The molecule has 10 heteroatoms. The molecular formula is C28H38N4O6. The molecule has 3 rings (SSSR count). The van der Waals surface area contributed by atoms with Gasteiger partial charge in [0.05, 0.1) is 24.7 Å². The number of benzene rings is 1. The Labute approximate surface area is 223 Å². The van der Waals surface area contributed by atoms with E-state index in [0.717, 1.165) is 12.0 Å². The van der Waals surface area contributed by atoms with Gasteiger partial charge in [-0.1, -0.05) is 69.1 Å². The second kappa shape index (κ2) is 12.7. The zero-order valence-electron chi connectivity index (χ0n) is 22.8. The summed E-state index contributed by atoms with van der Waals surface area (Å²) in [6.07, 6.45) is 0.446. The standard InChI is InChI=1S/C28H38N4O6/c1-6-7-13-22(25(34)26(35)29-19(3)20-11-9-8-10-12-20)30-27(36)37-23-16-32(17-28(23,4)5)24(33)15-21-14-18(2)31-38-21/h8-12,14,19,22-23H,6-7,13,15-17H2,1-5H3,(H,29,35)(H,30,36)/t19-,22+,23+/m1/s1. The van der Waals surface area contributed by atoms with E-state index in [1.807, 2.05) is 51.1 Å². The van der Waals surface area contributed by atoms with Crippen molar-refractivity contribution < 1.29 is 28.4 Å². The molecule has 0 aliphatic carbocycles. The van der Waals surface area contributed by atoms with E-state index in [1.165, 1.54) is 0 Å². The van der Waals surface area contributed by atoms with Crippen molar-refractivity contribution in [3.05, 3.63) is 53.4 Å². The van der Waals surface area contributed by atoms with Crippen molar-refractivity contribution in [1.29, 1.82) is 0 Å². The van der Waals surface area contributed by atoms with E-state index in [2.05, 4.69) is 15.8 Å². The lowest BCUT2D eigenvalue weighted by molar-refractivity contribution is -0.139. The number of nitrogens with zero attached hydrogens (tertiary/aromatic N) is 2. The Morgan fingerprint density at radius 1 is 1.18 bits per heavy atom. The first kappa shape index (κ1) is 28.9. The highest BCUT2D eigenvalue weighted by atomic mass is 16.6. The summed E-state index contributed by atoms with van der Waals surface area (Å²) in [5, 5.41) is 9.12. The largest absolute Gasteiger partial charge is 0.444 e. The van der Waals surface area contributed by atoms with Crippen molar-refractivity contribution in [2.45, 2.75) is 78.5 Å². The number of ketones is 1. The van der Waals surface area contributed by atoms with E-state index in [0.29, 0.717) is 30.8 Å². The van der Waals surface area contributed by atoms with Crippen molar-refractivity contribution in [3.63, 3.8) is 0 Å². The summed E-state index contributed by atoms with van der Waals surface area (Å²) < 4.78 is 10.8. The Morgan fingerprint density at radius 2 is 1.89 bits per heavy atom. The molecule has 206 valence electrons. The van der Waals surface area contributed by atoms with Gasteiger partial charge in [-0.2, -0.15) is 0 Å². The van der Waals surface area contributed by atoms with Crippen LogP contribution in [0.1, 0.15) is 70.0 Å². The molecular weight excluding hydrogens is 488 g/mol. The maximum atomic E-state index is 13.0. The highest BCUT2D eigenvalue weighted by Crippen LogP contribution is 2.32. The van der Waals surface area contributed by atoms with Crippen molar-refractivity contribution in [2.24, 2.45) is 5.41 Å². The molecule has 2 N–H and O–H groups in total. The monoisotopic (exact) mass is 526 g/mol. The van der Waals surface area contributed by atoms with Crippen LogP contribution >= 0.6 is 0 Å². The van der Waals surface area contributed by atoms with Gasteiger partial charge < -0.3 is 24.8 Å². The molecule has 0 bridgehead atoms. The van der Waals surface area contributed by atoms with Crippen molar-refractivity contribution in [1.82, 2.24) is 20.7 Å². The number of hydrogen-bond donors (Lipinski definition) is 2. The molecule has 3 amide bonds. The summed E-state index contributed by atoms with van der Waals surface area (Å²) in [5.41, 5.74) is 1.06. The second-order valence-corrected chi connectivity index (χ2v) is 10.6. The molecule has 0 spiro atoms. The van der Waals surface area contributed by atoms with Crippen LogP contribution in [0.25, 0.3) is 0 Å². The van der Waals surface area contributed by atoms with Crippen LogP contribution in [-0.2, 0) is 25.5 Å². The molecule has 0 saturated carbocycles. The lowest BCUT2D eigenvalue weighted by Gasteiger charge is -2.26. The number of nitrogens with one attached hydrogen (secondary N) is 2. The minimum Gasteiger partial charge on any atom is -0.444 e. The Bertz CT molecular complexity index is 1130. The number of amides is 3. The Morgan fingerprint density at radius 3 is 2.53 bits per heavy atom. The molecule has 1 saturated heterocycles. The fourth-order valence-electron chi connectivity index (χ4n) is 4.49. The highest BCUT2D eigenvalue weighted by molar-refractivity contribution is 6.38. The van der Waals surface area contributed by atoms with Gasteiger partial charge in [-0.15, -0.1) is 0 Å². The van der Waals surface area contributed by atoms with E-state index in [4.69, 9.17) is 9.26 Å². The SMILES string of the molecule is CCCC[C@H](NC(=O)O[C@H]1CN(C(=O)Cc2cc(C)no2)CC1(C)C)C(=O)C(=O)N[C@H](C)c1ccccc1. The van der Waals surface area contributed by atoms with Gasteiger partial charge in [0.1, 0.15) is 17.9 Å². The van der Waals surface area contributed by atoms with Crippen LogP contribution < -0.4 is 10.6 Å². The van der Waals surface area contributed by atoms with Crippen LogP contribution in [0, 0.1) is 12.3 Å². The Balaban J connectivity index is 1.59. The van der Waals surface area contributed by atoms with Gasteiger partial charge >= 0.3 is 6.09 Å². The Hall–Kier alpha value is -3.69.